The minimum absolute atomic E-state index is 0.0379. The Morgan fingerprint density at radius 3 is 2.44 bits per heavy atom. The largest absolute Gasteiger partial charge is 0.493 e. The van der Waals surface area contributed by atoms with Gasteiger partial charge in [0, 0.05) is 43.0 Å². The first kappa shape index (κ1) is 27.3. The van der Waals surface area contributed by atoms with Gasteiger partial charge in [0.2, 0.25) is 5.69 Å². The van der Waals surface area contributed by atoms with Crippen molar-refractivity contribution in [3.63, 3.8) is 0 Å². The molecule has 4 rings (SSSR count). The Balaban J connectivity index is 1.60. The first-order valence-electron chi connectivity index (χ1n) is 12.1. The van der Waals surface area contributed by atoms with Gasteiger partial charge in [-0.3, -0.25) is 19.1 Å². The zero-order chi connectivity index (χ0) is 28.3. The Hall–Kier alpha value is -4.74. The van der Waals surface area contributed by atoms with Crippen molar-refractivity contribution >= 4 is 22.5 Å². The molecule has 0 aliphatic carbocycles. The number of aromatic nitrogens is 4. The van der Waals surface area contributed by atoms with E-state index in [1.54, 1.807) is 18.2 Å². The van der Waals surface area contributed by atoms with Crippen LogP contribution in [0.3, 0.4) is 0 Å². The number of nitrogens with one attached hydrogen (secondary N) is 1. The third-order valence-corrected chi connectivity index (χ3v) is 6.23. The lowest BCUT2D eigenvalue weighted by Gasteiger charge is -2.14. The number of pyridine rings is 1. The fourth-order valence-electron chi connectivity index (χ4n) is 3.88. The first-order chi connectivity index (χ1) is 18.7. The fourth-order valence-corrected chi connectivity index (χ4v) is 3.88. The number of methoxy groups -OCH3 is 2. The molecule has 0 saturated carbocycles. The van der Waals surface area contributed by atoms with Gasteiger partial charge in [-0.1, -0.05) is 20.3 Å². The number of anilines is 1. The number of halogens is 1. The summed E-state index contributed by atoms with van der Waals surface area (Å²) >= 11 is 0. The molecule has 1 amide bonds. The van der Waals surface area contributed by atoms with Crippen molar-refractivity contribution in [2.24, 2.45) is 13.0 Å². The van der Waals surface area contributed by atoms with Crippen LogP contribution >= 0.6 is 0 Å². The summed E-state index contributed by atoms with van der Waals surface area (Å²) in [5.41, 5.74) is -1.29. The van der Waals surface area contributed by atoms with E-state index in [0.717, 1.165) is 21.7 Å². The average Bonchev–Trinajstić information content (AvgIpc) is 2.93. The van der Waals surface area contributed by atoms with Gasteiger partial charge in [0.1, 0.15) is 5.75 Å². The monoisotopic (exact) mass is 537 g/mol. The molecule has 11 nitrogen and oxygen atoms in total. The molecule has 0 saturated heterocycles. The van der Waals surface area contributed by atoms with E-state index in [2.05, 4.69) is 15.4 Å². The van der Waals surface area contributed by atoms with Gasteiger partial charge in [-0.15, -0.1) is 0 Å². The van der Waals surface area contributed by atoms with Crippen molar-refractivity contribution < 1.29 is 23.4 Å². The second-order valence-electron chi connectivity index (χ2n) is 8.92. The predicted octanol–water partition coefficient (Wildman–Crippen LogP) is 3.74. The highest BCUT2D eigenvalue weighted by Crippen LogP contribution is 2.37. The van der Waals surface area contributed by atoms with Crippen LogP contribution in [0.5, 0.6) is 23.0 Å². The maximum Gasteiger partial charge on any atom is 0.347 e. The molecular formula is C27H28FN5O6. The van der Waals surface area contributed by atoms with Crippen molar-refractivity contribution in [1.29, 1.82) is 0 Å². The Morgan fingerprint density at radius 2 is 1.77 bits per heavy atom. The standard InChI is InChI=1S/C27H28FN5O6/c1-6-15(2)14-33-26(35)24(31-32(3)27(33)36)25(34)30-16-7-8-21(18(28)11-16)39-20-9-10-29-19-13-23(38-5)22(37-4)12-17(19)20/h7-13,15H,6,14H2,1-5H3,(H,30,34). The van der Waals surface area contributed by atoms with Crippen molar-refractivity contribution in [2.45, 2.75) is 26.8 Å². The number of carbonyl (C=O) groups excluding carboxylic acids is 1. The van der Waals surface area contributed by atoms with E-state index in [-0.39, 0.29) is 23.9 Å². The van der Waals surface area contributed by atoms with Gasteiger partial charge >= 0.3 is 5.69 Å². The van der Waals surface area contributed by atoms with Crippen LogP contribution in [0.25, 0.3) is 10.9 Å². The Labute approximate surface area is 222 Å². The summed E-state index contributed by atoms with van der Waals surface area (Å²) in [4.78, 5) is 42.4. The number of hydrogen-bond acceptors (Lipinski definition) is 8. The lowest BCUT2D eigenvalue weighted by Crippen LogP contribution is -2.45. The predicted molar refractivity (Wildman–Crippen MR) is 142 cm³/mol. The van der Waals surface area contributed by atoms with Crippen molar-refractivity contribution in [3.05, 3.63) is 74.9 Å². The van der Waals surface area contributed by atoms with E-state index in [1.807, 2.05) is 13.8 Å². The summed E-state index contributed by atoms with van der Waals surface area (Å²) in [6.45, 7) is 3.97. The molecule has 39 heavy (non-hydrogen) atoms. The molecule has 2 aromatic heterocycles. The van der Waals surface area contributed by atoms with E-state index in [9.17, 15) is 14.4 Å². The quantitative estimate of drug-likeness (QED) is 0.342. The molecule has 0 radical (unpaired) electrons. The van der Waals surface area contributed by atoms with Gasteiger partial charge in [-0.05, 0) is 30.2 Å². The number of nitrogens with zero attached hydrogens (tertiary/aromatic N) is 4. The summed E-state index contributed by atoms with van der Waals surface area (Å²) in [6.07, 6.45) is 2.26. The van der Waals surface area contributed by atoms with E-state index < -0.39 is 28.7 Å². The summed E-state index contributed by atoms with van der Waals surface area (Å²) in [5, 5.41) is 6.86. The highest BCUT2D eigenvalue weighted by molar-refractivity contribution is 6.02. The van der Waals surface area contributed by atoms with Crippen LogP contribution in [0.1, 0.15) is 30.8 Å². The summed E-state index contributed by atoms with van der Waals surface area (Å²) in [5.74, 6) is -0.434. The molecule has 0 bridgehead atoms. The van der Waals surface area contributed by atoms with Crippen LogP contribution in [-0.4, -0.2) is 39.5 Å². The Kier molecular flexibility index (Phi) is 7.93. The van der Waals surface area contributed by atoms with Crippen molar-refractivity contribution in [1.82, 2.24) is 19.3 Å². The van der Waals surface area contributed by atoms with Crippen molar-refractivity contribution in [3.8, 4) is 23.0 Å². The van der Waals surface area contributed by atoms with Gasteiger partial charge in [0.15, 0.2) is 23.1 Å². The Morgan fingerprint density at radius 1 is 1.05 bits per heavy atom. The van der Waals surface area contributed by atoms with Crippen LogP contribution in [0.15, 0.2) is 52.2 Å². The minimum Gasteiger partial charge on any atom is -0.493 e. The van der Waals surface area contributed by atoms with Crippen LogP contribution in [0.2, 0.25) is 0 Å². The van der Waals surface area contributed by atoms with Crippen LogP contribution < -0.4 is 30.8 Å². The Bertz CT molecular complexity index is 1670. The molecular weight excluding hydrogens is 509 g/mol. The highest BCUT2D eigenvalue weighted by atomic mass is 19.1. The molecule has 0 spiro atoms. The van der Waals surface area contributed by atoms with Gasteiger partial charge in [0.25, 0.3) is 11.5 Å². The second-order valence-corrected chi connectivity index (χ2v) is 8.92. The average molecular weight is 538 g/mol. The third kappa shape index (κ3) is 5.59. The van der Waals surface area contributed by atoms with Gasteiger partial charge in [-0.2, -0.15) is 5.10 Å². The molecule has 2 aromatic carbocycles. The second kappa shape index (κ2) is 11.3. The molecule has 1 atom stereocenters. The number of carbonyl (C=O) groups is 1. The fraction of sp³-hybridized carbons (Fsp3) is 0.296. The summed E-state index contributed by atoms with van der Waals surface area (Å²) in [7, 11) is 4.36. The lowest BCUT2D eigenvalue weighted by molar-refractivity contribution is 0.101. The minimum atomic E-state index is -0.872. The zero-order valence-electron chi connectivity index (χ0n) is 22.1. The van der Waals surface area contributed by atoms with Gasteiger partial charge in [-0.25, -0.2) is 13.9 Å². The van der Waals surface area contributed by atoms with Crippen LogP contribution in [-0.2, 0) is 13.6 Å². The molecule has 0 aliphatic heterocycles. The van der Waals surface area contributed by atoms with E-state index in [4.69, 9.17) is 14.2 Å². The molecule has 4 aromatic rings. The number of benzene rings is 2. The number of rotatable bonds is 9. The first-order valence-corrected chi connectivity index (χ1v) is 12.1. The smallest absolute Gasteiger partial charge is 0.347 e. The molecule has 0 aliphatic rings. The normalized spacial score (nSPS) is 11.7. The number of aryl methyl sites for hydroxylation is 1. The van der Waals surface area contributed by atoms with Crippen LogP contribution in [0.4, 0.5) is 10.1 Å². The van der Waals surface area contributed by atoms with Crippen molar-refractivity contribution in [2.75, 3.05) is 19.5 Å². The van der Waals surface area contributed by atoms with Gasteiger partial charge < -0.3 is 19.5 Å². The van der Waals surface area contributed by atoms with Crippen LogP contribution in [0, 0.1) is 11.7 Å². The summed E-state index contributed by atoms with van der Waals surface area (Å²) < 4.78 is 33.4. The zero-order valence-corrected chi connectivity index (χ0v) is 22.1. The molecule has 1 unspecified atom stereocenters. The van der Waals surface area contributed by atoms with Gasteiger partial charge in [0.05, 0.1) is 19.7 Å². The van der Waals surface area contributed by atoms with E-state index in [0.29, 0.717) is 28.2 Å². The third-order valence-electron chi connectivity index (χ3n) is 6.23. The topological polar surface area (TPSA) is 127 Å². The molecule has 12 heteroatoms. The van der Waals surface area contributed by atoms with E-state index in [1.165, 1.54) is 39.6 Å². The molecule has 204 valence electrons. The number of fused-ring (bicyclic) bond motifs is 1. The molecule has 1 N–H and O–H groups in total. The number of hydrogen-bond donors (Lipinski definition) is 1. The molecule has 0 fully saturated rings. The lowest BCUT2D eigenvalue weighted by atomic mass is 10.1. The van der Waals surface area contributed by atoms with E-state index >= 15 is 4.39 Å². The number of amides is 1. The molecule has 2 heterocycles. The number of ether oxygens (including phenoxy) is 3. The maximum absolute atomic E-state index is 15.0. The maximum atomic E-state index is 15.0. The summed E-state index contributed by atoms with van der Waals surface area (Å²) in [6, 6.07) is 8.76. The SMILES string of the molecule is CCC(C)Cn1c(=O)c(C(=O)Nc2ccc(Oc3ccnc4cc(OC)c(OC)cc34)c(F)c2)nn(C)c1=O. The highest BCUT2D eigenvalue weighted by Gasteiger charge is 2.20.